The largest absolute Gasteiger partial charge is 0.457 e. The molecule has 2 aromatic carbocycles. The van der Waals surface area contributed by atoms with Crippen LogP contribution >= 0.6 is 0 Å². The highest BCUT2D eigenvalue weighted by atomic mass is 32.2. The zero-order chi connectivity index (χ0) is 20.7. The summed E-state index contributed by atoms with van der Waals surface area (Å²) in [5, 5.41) is 2.80. The first-order valence-corrected chi connectivity index (χ1v) is 11.3. The number of carbonyl (C=O) groups is 1. The van der Waals surface area contributed by atoms with Crippen LogP contribution in [0, 0.1) is 5.82 Å². The van der Waals surface area contributed by atoms with Crippen LogP contribution in [0.3, 0.4) is 0 Å². The third-order valence-corrected chi connectivity index (χ3v) is 6.68. The lowest BCUT2D eigenvalue weighted by atomic mass is 10.2. The van der Waals surface area contributed by atoms with Crippen molar-refractivity contribution >= 4 is 15.9 Å². The maximum atomic E-state index is 12.9. The van der Waals surface area contributed by atoms with Gasteiger partial charge in [-0.15, -0.1) is 0 Å². The summed E-state index contributed by atoms with van der Waals surface area (Å²) in [4.78, 5) is 12.0. The van der Waals surface area contributed by atoms with E-state index in [-0.39, 0.29) is 23.9 Å². The van der Waals surface area contributed by atoms with E-state index in [1.54, 1.807) is 24.3 Å². The van der Waals surface area contributed by atoms with E-state index in [4.69, 9.17) is 4.74 Å². The van der Waals surface area contributed by atoms with E-state index in [1.807, 2.05) is 12.1 Å². The van der Waals surface area contributed by atoms with Crippen molar-refractivity contribution in [1.82, 2.24) is 9.62 Å². The first-order chi connectivity index (χ1) is 13.9. The molecule has 2 aromatic rings. The van der Waals surface area contributed by atoms with Crippen LogP contribution in [0.1, 0.15) is 31.2 Å². The number of nitrogens with zero attached hydrogens (tertiary/aromatic N) is 1. The molecule has 6 nitrogen and oxygen atoms in total. The van der Waals surface area contributed by atoms with Gasteiger partial charge in [0.25, 0.3) is 0 Å². The molecule has 1 heterocycles. The monoisotopic (exact) mass is 420 g/mol. The molecule has 1 amide bonds. The minimum atomic E-state index is -3.24. The number of nitrogens with one attached hydrogen (secondary N) is 1. The Bertz CT molecular complexity index is 909. The van der Waals surface area contributed by atoms with Gasteiger partial charge in [0.2, 0.25) is 15.9 Å². The van der Waals surface area contributed by atoms with Gasteiger partial charge in [0.05, 0.1) is 5.75 Å². The number of benzene rings is 2. The van der Waals surface area contributed by atoms with Crippen molar-refractivity contribution < 1.29 is 22.3 Å². The lowest BCUT2D eigenvalue weighted by Crippen LogP contribution is -2.31. The third kappa shape index (κ3) is 6.54. The van der Waals surface area contributed by atoms with Gasteiger partial charge in [-0.25, -0.2) is 17.1 Å². The zero-order valence-corrected chi connectivity index (χ0v) is 17.0. The first kappa shape index (κ1) is 21.3. The molecule has 3 rings (SSSR count). The molecule has 0 atom stereocenters. The predicted molar refractivity (Wildman–Crippen MR) is 109 cm³/mol. The first-order valence-electron chi connectivity index (χ1n) is 9.69. The molecule has 0 radical (unpaired) electrons. The van der Waals surface area contributed by atoms with E-state index in [1.165, 1.54) is 16.4 Å². The molecule has 8 heteroatoms. The number of rotatable bonds is 9. The van der Waals surface area contributed by atoms with E-state index in [0.29, 0.717) is 37.6 Å². The molecule has 0 unspecified atom stereocenters. The average molecular weight is 421 g/mol. The Balaban J connectivity index is 1.39. The fraction of sp³-hybridized carbons (Fsp3) is 0.381. The Morgan fingerprint density at radius 2 is 1.59 bits per heavy atom. The van der Waals surface area contributed by atoms with Gasteiger partial charge in [0.15, 0.2) is 0 Å². The quantitative estimate of drug-likeness (QED) is 0.674. The zero-order valence-electron chi connectivity index (χ0n) is 16.1. The Morgan fingerprint density at radius 3 is 2.21 bits per heavy atom. The van der Waals surface area contributed by atoms with E-state index >= 15 is 0 Å². The summed E-state index contributed by atoms with van der Waals surface area (Å²) in [5.74, 6) is 0.663. The molecule has 1 aliphatic rings. The number of sulfonamides is 1. The fourth-order valence-corrected chi connectivity index (χ4v) is 4.70. The number of amides is 1. The lowest BCUT2D eigenvalue weighted by molar-refractivity contribution is -0.121. The molecule has 0 saturated carbocycles. The second-order valence-electron chi connectivity index (χ2n) is 7.00. The molecule has 0 aromatic heterocycles. The van der Waals surface area contributed by atoms with Crippen LogP contribution in [0.5, 0.6) is 11.5 Å². The normalized spacial score (nSPS) is 14.7. The average Bonchev–Trinajstić information content (AvgIpc) is 3.25. The summed E-state index contributed by atoms with van der Waals surface area (Å²) >= 11 is 0. The van der Waals surface area contributed by atoms with Crippen LogP contribution in [0.25, 0.3) is 0 Å². The van der Waals surface area contributed by atoms with Crippen molar-refractivity contribution in [1.29, 1.82) is 0 Å². The lowest BCUT2D eigenvalue weighted by Gasteiger charge is -2.15. The highest BCUT2D eigenvalue weighted by Gasteiger charge is 2.24. The summed E-state index contributed by atoms with van der Waals surface area (Å²) in [6.45, 7) is 1.54. The van der Waals surface area contributed by atoms with Gasteiger partial charge in [0.1, 0.15) is 17.3 Å². The van der Waals surface area contributed by atoms with Crippen molar-refractivity contribution in [3.63, 3.8) is 0 Å². The van der Waals surface area contributed by atoms with Crippen LogP contribution in [-0.4, -0.2) is 37.5 Å². The second-order valence-corrected chi connectivity index (χ2v) is 9.09. The molecule has 1 aliphatic heterocycles. The van der Waals surface area contributed by atoms with Crippen LogP contribution in [-0.2, 0) is 21.4 Å². The number of ether oxygens (including phenoxy) is 1. The topological polar surface area (TPSA) is 75.7 Å². The molecule has 1 N–H and O–H groups in total. The van der Waals surface area contributed by atoms with Gasteiger partial charge in [-0.1, -0.05) is 12.1 Å². The second kappa shape index (κ2) is 9.84. The maximum Gasteiger partial charge on any atom is 0.220 e. The van der Waals surface area contributed by atoms with Gasteiger partial charge in [0, 0.05) is 26.1 Å². The van der Waals surface area contributed by atoms with E-state index in [9.17, 15) is 17.6 Å². The predicted octanol–water partition coefficient (Wildman–Crippen LogP) is 3.44. The van der Waals surface area contributed by atoms with Crippen molar-refractivity contribution in [3.05, 3.63) is 59.9 Å². The van der Waals surface area contributed by atoms with Gasteiger partial charge in [-0.2, -0.15) is 0 Å². The van der Waals surface area contributed by atoms with Crippen LogP contribution in [0.4, 0.5) is 4.39 Å². The van der Waals surface area contributed by atoms with Gasteiger partial charge >= 0.3 is 0 Å². The van der Waals surface area contributed by atoms with Crippen molar-refractivity contribution in [2.24, 2.45) is 0 Å². The van der Waals surface area contributed by atoms with Gasteiger partial charge in [-0.3, -0.25) is 4.79 Å². The SMILES string of the molecule is O=C(CCCS(=O)(=O)N1CCCC1)NCc1ccc(Oc2ccc(F)cc2)cc1. The van der Waals surface area contributed by atoms with Crippen LogP contribution in [0.15, 0.2) is 48.5 Å². The fourth-order valence-electron chi connectivity index (χ4n) is 3.11. The molecule has 1 saturated heterocycles. The number of carbonyl (C=O) groups excluding carboxylic acids is 1. The summed E-state index contributed by atoms with van der Waals surface area (Å²) < 4.78 is 44.3. The molecule has 156 valence electrons. The van der Waals surface area contributed by atoms with Crippen LogP contribution < -0.4 is 10.1 Å². The van der Waals surface area contributed by atoms with Gasteiger partial charge < -0.3 is 10.1 Å². The standard InChI is InChI=1S/C21H25FN2O4S/c22-18-7-11-20(12-8-18)28-19-9-5-17(6-10-19)16-23-21(25)4-3-15-29(26,27)24-13-1-2-14-24/h5-12H,1-4,13-16H2,(H,23,25). The minimum absolute atomic E-state index is 0.00976. The Kier molecular flexibility index (Phi) is 7.22. The Labute approximate surface area is 170 Å². The van der Waals surface area contributed by atoms with Crippen LogP contribution in [0.2, 0.25) is 0 Å². The Hall–Kier alpha value is -2.45. The molecule has 0 aliphatic carbocycles. The maximum absolute atomic E-state index is 12.9. The third-order valence-electron chi connectivity index (χ3n) is 4.73. The number of hydrogen-bond acceptors (Lipinski definition) is 4. The molecular weight excluding hydrogens is 395 g/mol. The van der Waals surface area contributed by atoms with E-state index < -0.39 is 10.0 Å². The molecular formula is C21H25FN2O4S. The van der Waals surface area contributed by atoms with Crippen molar-refractivity contribution in [2.75, 3.05) is 18.8 Å². The molecule has 29 heavy (non-hydrogen) atoms. The van der Waals surface area contributed by atoms with E-state index in [0.717, 1.165) is 18.4 Å². The Morgan fingerprint density at radius 1 is 1.00 bits per heavy atom. The summed E-state index contributed by atoms with van der Waals surface area (Å²) in [5.41, 5.74) is 0.898. The van der Waals surface area contributed by atoms with Crippen molar-refractivity contribution in [2.45, 2.75) is 32.2 Å². The molecule has 1 fully saturated rings. The molecule has 0 spiro atoms. The van der Waals surface area contributed by atoms with Gasteiger partial charge in [-0.05, 0) is 61.2 Å². The summed E-state index contributed by atoms with van der Waals surface area (Å²) in [7, 11) is -3.24. The van der Waals surface area contributed by atoms with E-state index in [2.05, 4.69) is 5.32 Å². The summed E-state index contributed by atoms with van der Waals surface area (Å²) in [6, 6.07) is 13.0. The smallest absolute Gasteiger partial charge is 0.220 e. The summed E-state index contributed by atoms with van der Waals surface area (Å²) in [6.07, 6.45) is 2.31. The highest BCUT2D eigenvalue weighted by Crippen LogP contribution is 2.22. The van der Waals surface area contributed by atoms with Crippen molar-refractivity contribution in [3.8, 4) is 11.5 Å². The number of halogens is 1. The highest BCUT2D eigenvalue weighted by molar-refractivity contribution is 7.89. The molecule has 0 bridgehead atoms. The minimum Gasteiger partial charge on any atom is -0.457 e. The number of hydrogen-bond donors (Lipinski definition) is 1.